The first-order chi connectivity index (χ1) is 7.78. The number of rotatable bonds is 2. The number of hydrogen-bond donors (Lipinski definition) is 0. The molecule has 0 radical (unpaired) electrons. The summed E-state index contributed by atoms with van der Waals surface area (Å²) in [5.74, 6) is 0. The van der Waals surface area contributed by atoms with Crippen LogP contribution in [0, 0.1) is 18.3 Å². The first kappa shape index (κ1) is 13.2. The summed E-state index contributed by atoms with van der Waals surface area (Å²) in [6.07, 6.45) is 4.13. The van der Waals surface area contributed by atoms with Gasteiger partial charge in [0.05, 0.1) is 11.6 Å². The number of aromatic nitrogens is 1. The van der Waals surface area contributed by atoms with E-state index in [4.69, 9.17) is 5.26 Å². The third kappa shape index (κ3) is 3.58. The third-order valence-electron chi connectivity index (χ3n) is 2.51. The van der Waals surface area contributed by atoms with Gasteiger partial charge in [-0.15, -0.1) is 0 Å². The SMILES string of the molecule is Cc1cc[n+](Cc2ccc(C#N)cc2)cc1.[Cl-]. The highest BCUT2D eigenvalue weighted by atomic mass is 35.5. The van der Waals surface area contributed by atoms with E-state index in [2.05, 4.69) is 42.1 Å². The highest BCUT2D eigenvalue weighted by molar-refractivity contribution is 5.31. The summed E-state index contributed by atoms with van der Waals surface area (Å²) < 4.78 is 2.12. The van der Waals surface area contributed by atoms with Crippen LogP contribution in [0.4, 0.5) is 0 Å². The molecule has 0 spiro atoms. The van der Waals surface area contributed by atoms with Crippen molar-refractivity contribution in [2.24, 2.45) is 0 Å². The summed E-state index contributed by atoms with van der Waals surface area (Å²) in [6, 6.07) is 14.0. The lowest BCUT2D eigenvalue weighted by Crippen LogP contribution is -3.00. The van der Waals surface area contributed by atoms with Crippen molar-refractivity contribution < 1.29 is 17.0 Å². The van der Waals surface area contributed by atoms with Crippen molar-refractivity contribution in [2.45, 2.75) is 13.5 Å². The Hall–Kier alpha value is -1.85. The molecule has 0 fully saturated rings. The maximum Gasteiger partial charge on any atom is 0.173 e. The van der Waals surface area contributed by atoms with Gasteiger partial charge < -0.3 is 12.4 Å². The van der Waals surface area contributed by atoms with E-state index in [-0.39, 0.29) is 12.4 Å². The zero-order valence-corrected chi connectivity index (χ0v) is 10.4. The number of nitriles is 1. The molecule has 0 N–H and O–H groups in total. The molecule has 2 nitrogen and oxygen atoms in total. The van der Waals surface area contributed by atoms with Crippen molar-refractivity contribution in [3.63, 3.8) is 0 Å². The van der Waals surface area contributed by atoms with Crippen molar-refractivity contribution in [1.29, 1.82) is 5.26 Å². The molecular weight excluding hydrogens is 232 g/mol. The predicted octanol–water partition coefficient (Wildman–Crippen LogP) is -0.793. The topological polar surface area (TPSA) is 27.7 Å². The monoisotopic (exact) mass is 244 g/mol. The molecule has 86 valence electrons. The molecule has 1 aromatic carbocycles. The first-order valence-corrected chi connectivity index (χ1v) is 5.23. The summed E-state index contributed by atoms with van der Waals surface area (Å²) in [4.78, 5) is 0. The van der Waals surface area contributed by atoms with Gasteiger partial charge in [0.25, 0.3) is 0 Å². The Kier molecular flexibility index (Phi) is 4.68. The molecule has 1 heterocycles. The zero-order valence-electron chi connectivity index (χ0n) is 9.60. The van der Waals surface area contributed by atoms with E-state index in [1.807, 2.05) is 24.3 Å². The van der Waals surface area contributed by atoms with Gasteiger partial charge in [-0.3, -0.25) is 0 Å². The Balaban J connectivity index is 0.00000144. The van der Waals surface area contributed by atoms with Gasteiger partial charge in [0, 0.05) is 17.7 Å². The second-order valence-electron chi connectivity index (χ2n) is 3.86. The Labute approximate surface area is 108 Å². The number of nitrogens with zero attached hydrogens (tertiary/aromatic N) is 2. The van der Waals surface area contributed by atoms with Gasteiger partial charge in [0.1, 0.15) is 0 Å². The fourth-order valence-electron chi connectivity index (χ4n) is 1.53. The van der Waals surface area contributed by atoms with Crippen molar-refractivity contribution in [3.8, 4) is 6.07 Å². The van der Waals surface area contributed by atoms with Crippen LogP contribution in [-0.4, -0.2) is 0 Å². The van der Waals surface area contributed by atoms with E-state index in [0.29, 0.717) is 5.56 Å². The van der Waals surface area contributed by atoms with Gasteiger partial charge in [-0.1, -0.05) is 12.1 Å². The predicted molar refractivity (Wildman–Crippen MR) is 61.6 cm³/mol. The zero-order chi connectivity index (χ0) is 11.4. The highest BCUT2D eigenvalue weighted by Crippen LogP contribution is 2.02. The molecule has 0 unspecified atom stereocenters. The van der Waals surface area contributed by atoms with E-state index in [1.54, 1.807) is 0 Å². The Bertz CT molecular complexity index is 509. The molecule has 0 bridgehead atoms. The smallest absolute Gasteiger partial charge is 0.173 e. The van der Waals surface area contributed by atoms with Crippen molar-refractivity contribution in [3.05, 3.63) is 65.5 Å². The van der Waals surface area contributed by atoms with Crippen LogP contribution < -0.4 is 17.0 Å². The Morgan fingerprint density at radius 2 is 1.65 bits per heavy atom. The lowest BCUT2D eigenvalue weighted by Gasteiger charge is -1.98. The minimum Gasteiger partial charge on any atom is -1.00 e. The first-order valence-electron chi connectivity index (χ1n) is 5.23. The van der Waals surface area contributed by atoms with Gasteiger partial charge in [0.15, 0.2) is 18.9 Å². The maximum absolute atomic E-state index is 8.69. The van der Waals surface area contributed by atoms with Crippen molar-refractivity contribution >= 4 is 0 Å². The van der Waals surface area contributed by atoms with Gasteiger partial charge in [-0.2, -0.15) is 5.26 Å². The average Bonchev–Trinajstić information content (AvgIpc) is 2.33. The average molecular weight is 245 g/mol. The molecule has 2 aromatic rings. The van der Waals surface area contributed by atoms with E-state index in [0.717, 1.165) is 6.54 Å². The minimum absolute atomic E-state index is 0. The third-order valence-corrected chi connectivity index (χ3v) is 2.51. The summed E-state index contributed by atoms with van der Waals surface area (Å²) in [7, 11) is 0. The second kappa shape index (κ2) is 6.03. The van der Waals surface area contributed by atoms with Gasteiger partial charge in [-0.05, 0) is 24.6 Å². The molecule has 2 rings (SSSR count). The number of benzene rings is 1. The molecule has 0 saturated heterocycles. The second-order valence-corrected chi connectivity index (χ2v) is 3.86. The van der Waals surface area contributed by atoms with Crippen LogP contribution in [0.15, 0.2) is 48.8 Å². The Morgan fingerprint density at radius 1 is 1.06 bits per heavy atom. The fraction of sp³-hybridized carbons (Fsp3) is 0.143. The van der Waals surface area contributed by atoms with Gasteiger partial charge in [0.2, 0.25) is 0 Å². The van der Waals surface area contributed by atoms with Crippen LogP contribution in [0.3, 0.4) is 0 Å². The van der Waals surface area contributed by atoms with Crippen LogP contribution in [-0.2, 0) is 6.54 Å². The number of pyridine rings is 1. The lowest BCUT2D eigenvalue weighted by atomic mass is 10.1. The Morgan fingerprint density at radius 3 is 2.18 bits per heavy atom. The molecule has 0 aliphatic carbocycles. The van der Waals surface area contributed by atoms with Gasteiger partial charge in [-0.25, -0.2) is 4.57 Å². The highest BCUT2D eigenvalue weighted by Gasteiger charge is 2.01. The molecule has 3 heteroatoms. The number of aryl methyl sites for hydroxylation is 1. The number of halogens is 1. The molecule has 1 aromatic heterocycles. The molecule has 17 heavy (non-hydrogen) atoms. The molecule has 0 amide bonds. The van der Waals surface area contributed by atoms with Crippen LogP contribution >= 0.6 is 0 Å². The van der Waals surface area contributed by atoms with Crippen molar-refractivity contribution in [2.75, 3.05) is 0 Å². The quantitative estimate of drug-likeness (QED) is 0.636. The fourth-order valence-corrected chi connectivity index (χ4v) is 1.53. The lowest BCUT2D eigenvalue weighted by molar-refractivity contribution is -0.688. The van der Waals surface area contributed by atoms with E-state index < -0.39 is 0 Å². The van der Waals surface area contributed by atoms with E-state index in [1.165, 1.54) is 11.1 Å². The molecular formula is C14H13ClN2. The molecule has 0 atom stereocenters. The van der Waals surface area contributed by atoms with E-state index >= 15 is 0 Å². The van der Waals surface area contributed by atoms with Crippen LogP contribution in [0.1, 0.15) is 16.7 Å². The van der Waals surface area contributed by atoms with E-state index in [9.17, 15) is 0 Å². The number of hydrogen-bond acceptors (Lipinski definition) is 1. The largest absolute Gasteiger partial charge is 1.00 e. The van der Waals surface area contributed by atoms with Crippen LogP contribution in [0.25, 0.3) is 0 Å². The van der Waals surface area contributed by atoms with Crippen LogP contribution in [0.5, 0.6) is 0 Å². The maximum atomic E-state index is 8.69. The van der Waals surface area contributed by atoms with Crippen molar-refractivity contribution in [1.82, 2.24) is 0 Å². The molecule has 0 aliphatic rings. The summed E-state index contributed by atoms with van der Waals surface area (Å²) in [6.45, 7) is 2.91. The minimum atomic E-state index is 0. The molecule has 0 saturated carbocycles. The van der Waals surface area contributed by atoms with Crippen LogP contribution in [0.2, 0.25) is 0 Å². The molecule has 0 aliphatic heterocycles. The summed E-state index contributed by atoms with van der Waals surface area (Å²) in [5.41, 5.74) is 3.17. The summed E-state index contributed by atoms with van der Waals surface area (Å²) in [5, 5.41) is 8.69. The normalized spacial score (nSPS) is 9.18. The summed E-state index contributed by atoms with van der Waals surface area (Å²) >= 11 is 0. The standard InChI is InChI=1S/C14H13N2.ClH/c1-12-6-8-16(9-7-12)11-14-4-2-13(10-15)3-5-14;/h2-9H,11H2,1H3;1H/q+1;/p-1. The van der Waals surface area contributed by atoms with Gasteiger partial charge >= 0.3 is 0 Å².